The van der Waals surface area contributed by atoms with Crippen LogP contribution in [0.1, 0.15) is 0 Å². The minimum absolute atomic E-state index is 0.296. The van der Waals surface area contributed by atoms with Gasteiger partial charge in [-0.2, -0.15) is 12.6 Å². The number of amides is 2. The highest BCUT2D eigenvalue weighted by atomic mass is 32.1. The number of aliphatic hydroxyl groups is 1. The zero-order valence-corrected chi connectivity index (χ0v) is 12.1. The van der Waals surface area contributed by atoms with Crippen LogP contribution in [0.25, 0.3) is 0 Å². The van der Waals surface area contributed by atoms with Crippen LogP contribution in [-0.2, 0) is 14.4 Å². The van der Waals surface area contributed by atoms with Crippen LogP contribution in [-0.4, -0.2) is 57.1 Å². The molecule has 118 valence electrons. The lowest BCUT2D eigenvalue weighted by molar-refractivity contribution is -0.178. The molecule has 3 N–H and O–H groups in total. The Bertz CT molecular complexity index is 581. The van der Waals surface area contributed by atoms with Crippen molar-refractivity contribution in [3.8, 4) is 5.75 Å². The topological polar surface area (TPSA) is 116 Å². The number of carboxylic acid groups (broad SMARTS) is 1. The van der Waals surface area contributed by atoms with Gasteiger partial charge in [-0.25, -0.2) is 4.79 Å². The third-order valence-electron chi connectivity index (χ3n) is 3.02. The van der Waals surface area contributed by atoms with Gasteiger partial charge in [0.25, 0.3) is 11.8 Å². The highest BCUT2D eigenvalue weighted by Crippen LogP contribution is 2.25. The Morgan fingerprint density at radius 2 is 2.00 bits per heavy atom. The van der Waals surface area contributed by atoms with Gasteiger partial charge in [0.1, 0.15) is 17.2 Å². The van der Waals surface area contributed by atoms with Crippen LogP contribution >= 0.6 is 12.6 Å². The molecule has 0 saturated carbocycles. The Morgan fingerprint density at radius 3 is 2.55 bits per heavy atom. The van der Waals surface area contributed by atoms with Crippen molar-refractivity contribution >= 4 is 30.4 Å². The van der Waals surface area contributed by atoms with Crippen LogP contribution in [0.5, 0.6) is 5.75 Å². The van der Waals surface area contributed by atoms with Crippen LogP contribution in [0.2, 0.25) is 0 Å². The van der Waals surface area contributed by atoms with E-state index in [0.717, 1.165) is 0 Å². The van der Waals surface area contributed by atoms with E-state index in [1.54, 1.807) is 30.3 Å². The van der Waals surface area contributed by atoms with Crippen molar-refractivity contribution in [3.63, 3.8) is 0 Å². The fraction of sp³-hybridized carbons (Fsp3) is 0.308. The SMILES string of the molecule is O=C(COc1ccccc1)NC1C(=O)N(C(O)C(=O)O)C1S. The number of carbonyl (C=O) groups is 3. The molecule has 1 heterocycles. The maximum Gasteiger partial charge on any atom is 0.354 e. The van der Waals surface area contributed by atoms with Crippen LogP contribution in [0.3, 0.4) is 0 Å². The molecule has 22 heavy (non-hydrogen) atoms. The molecule has 1 fully saturated rings. The third-order valence-corrected chi connectivity index (χ3v) is 3.56. The fourth-order valence-electron chi connectivity index (χ4n) is 1.90. The number of rotatable bonds is 6. The largest absolute Gasteiger partial charge is 0.484 e. The number of hydrogen-bond donors (Lipinski definition) is 4. The number of nitrogens with zero attached hydrogens (tertiary/aromatic N) is 1. The summed E-state index contributed by atoms with van der Waals surface area (Å²) in [6, 6.07) is 7.65. The number of para-hydroxylation sites is 1. The van der Waals surface area contributed by atoms with Crippen molar-refractivity contribution in [2.24, 2.45) is 0 Å². The fourth-order valence-corrected chi connectivity index (χ4v) is 2.34. The summed E-state index contributed by atoms with van der Waals surface area (Å²) in [5.74, 6) is -2.33. The number of aliphatic hydroxyl groups excluding tert-OH is 1. The first kappa shape index (κ1) is 16.1. The smallest absolute Gasteiger partial charge is 0.354 e. The molecule has 2 rings (SSSR count). The predicted octanol–water partition coefficient (Wildman–Crippen LogP) is -0.949. The van der Waals surface area contributed by atoms with Crippen LogP contribution in [0, 0.1) is 0 Å². The maximum atomic E-state index is 11.7. The molecule has 3 unspecified atom stereocenters. The van der Waals surface area contributed by atoms with E-state index in [1.165, 1.54) is 0 Å². The summed E-state index contributed by atoms with van der Waals surface area (Å²) in [7, 11) is 0. The summed E-state index contributed by atoms with van der Waals surface area (Å²) in [4.78, 5) is 34.7. The predicted molar refractivity (Wildman–Crippen MR) is 77.1 cm³/mol. The molecule has 1 saturated heterocycles. The van der Waals surface area contributed by atoms with Crippen LogP contribution < -0.4 is 10.1 Å². The Labute approximate surface area is 131 Å². The van der Waals surface area contributed by atoms with Gasteiger partial charge in [-0.1, -0.05) is 18.2 Å². The summed E-state index contributed by atoms with van der Waals surface area (Å²) < 4.78 is 5.21. The second kappa shape index (κ2) is 6.67. The lowest BCUT2D eigenvalue weighted by atomic mass is 10.1. The number of hydrogen-bond acceptors (Lipinski definition) is 6. The number of aliphatic carboxylic acids is 1. The number of likely N-dealkylation sites (tertiary alicyclic amines) is 1. The normalized spacial score (nSPS) is 21.7. The summed E-state index contributed by atoms with van der Waals surface area (Å²) in [5.41, 5.74) is 0. The van der Waals surface area contributed by atoms with E-state index < -0.39 is 35.4 Å². The maximum absolute atomic E-state index is 11.7. The second-order valence-corrected chi connectivity index (χ2v) is 5.05. The Hall–Kier alpha value is -2.26. The highest BCUT2D eigenvalue weighted by molar-refractivity contribution is 7.81. The minimum Gasteiger partial charge on any atom is -0.484 e. The van der Waals surface area contributed by atoms with Gasteiger partial charge in [0.2, 0.25) is 6.23 Å². The molecule has 0 radical (unpaired) electrons. The molecule has 9 heteroatoms. The van der Waals surface area contributed by atoms with Gasteiger partial charge < -0.3 is 20.3 Å². The minimum atomic E-state index is -1.98. The van der Waals surface area contributed by atoms with Gasteiger partial charge in [0, 0.05) is 0 Å². The molecule has 1 aromatic carbocycles. The Morgan fingerprint density at radius 1 is 1.36 bits per heavy atom. The number of carboxylic acids is 1. The summed E-state index contributed by atoms with van der Waals surface area (Å²) in [6.45, 7) is -0.296. The van der Waals surface area contributed by atoms with Crippen LogP contribution in [0.4, 0.5) is 0 Å². The number of benzene rings is 1. The molecule has 1 aliphatic rings. The van der Waals surface area contributed by atoms with E-state index >= 15 is 0 Å². The molecule has 1 aromatic rings. The van der Waals surface area contributed by atoms with E-state index in [0.29, 0.717) is 10.6 Å². The van der Waals surface area contributed by atoms with Gasteiger partial charge in [-0.3, -0.25) is 14.5 Å². The molecule has 0 spiro atoms. The molecule has 8 nitrogen and oxygen atoms in total. The standard InChI is InChI=1S/C13H14N2O6S/c16-8(6-21-7-4-2-1-3-5-7)14-9-10(17)15(12(9)22)11(18)13(19)20/h1-5,9,11-12,18,22H,6H2,(H,14,16)(H,19,20). The first-order valence-corrected chi connectivity index (χ1v) is 6.82. The first-order chi connectivity index (χ1) is 10.4. The zero-order valence-electron chi connectivity index (χ0n) is 11.2. The van der Waals surface area contributed by atoms with Crippen molar-refractivity contribution in [2.75, 3.05) is 6.61 Å². The van der Waals surface area contributed by atoms with Gasteiger partial charge >= 0.3 is 5.97 Å². The number of thiol groups is 1. The molecule has 0 aliphatic carbocycles. The van der Waals surface area contributed by atoms with E-state index in [1.807, 2.05) is 0 Å². The second-order valence-electron chi connectivity index (χ2n) is 4.52. The van der Waals surface area contributed by atoms with Crippen molar-refractivity contribution in [1.29, 1.82) is 0 Å². The number of β-lactam (4-membered cyclic amide) rings is 1. The van der Waals surface area contributed by atoms with Crippen molar-refractivity contribution in [3.05, 3.63) is 30.3 Å². The third kappa shape index (κ3) is 3.31. The summed E-state index contributed by atoms with van der Waals surface area (Å²) in [5, 5.41) is 19.4. The molecule has 0 aromatic heterocycles. The van der Waals surface area contributed by atoms with E-state index in [2.05, 4.69) is 17.9 Å². The molecular formula is C13H14N2O6S. The van der Waals surface area contributed by atoms with Gasteiger partial charge in [0.15, 0.2) is 6.61 Å². The summed E-state index contributed by atoms with van der Waals surface area (Å²) in [6.07, 6.45) is -1.98. The number of ether oxygens (including phenoxy) is 1. The highest BCUT2D eigenvalue weighted by Gasteiger charge is 2.51. The van der Waals surface area contributed by atoms with Gasteiger partial charge in [-0.05, 0) is 12.1 Å². The summed E-state index contributed by atoms with van der Waals surface area (Å²) >= 11 is 4.01. The molecule has 1 aliphatic heterocycles. The monoisotopic (exact) mass is 326 g/mol. The van der Waals surface area contributed by atoms with Crippen LogP contribution in [0.15, 0.2) is 30.3 Å². The van der Waals surface area contributed by atoms with E-state index in [-0.39, 0.29) is 6.61 Å². The van der Waals surface area contributed by atoms with Gasteiger partial charge in [0.05, 0.1) is 0 Å². The van der Waals surface area contributed by atoms with E-state index in [4.69, 9.17) is 9.84 Å². The van der Waals surface area contributed by atoms with Crippen molar-refractivity contribution in [1.82, 2.24) is 10.2 Å². The molecular weight excluding hydrogens is 312 g/mol. The van der Waals surface area contributed by atoms with Crippen molar-refractivity contribution < 1.29 is 29.3 Å². The first-order valence-electron chi connectivity index (χ1n) is 6.30. The molecule has 0 bridgehead atoms. The average molecular weight is 326 g/mol. The zero-order chi connectivity index (χ0) is 16.3. The quantitative estimate of drug-likeness (QED) is 0.396. The molecule has 2 amide bonds. The Balaban J connectivity index is 1.83. The molecule has 3 atom stereocenters. The van der Waals surface area contributed by atoms with Crippen molar-refractivity contribution in [2.45, 2.75) is 17.6 Å². The van der Waals surface area contributed by atoms with Gasteiger partial charge in [-0.15, -0.1) is 0 Å². The number of nitrogens with one attached hydrogen (secondary N) is 1. The lowest BCUT2D eigenvalue weighted by Gasteiger charge is -2.45. The average Bonchev–Trinajstić information content (AvgIpc) is 2.51. The lowest BCUT2D eigenvalue weighted by Crippen LogP contribution is -2.72. The number of carbonyl (C=O) groups excluding carboxylic acids is 2. The van der Waals surface area contributed by atoms with E-state index in [9.17, 15) is 19.5 Å². The Kier molecular flexibility index (Phi) is 4.88.